The first-order valence-electron chi connectivity index (χ1n) is 8.48. The van der Waals surface area contributed by atoms with Crippen molar-refractivity contribution in [3.63, 3.8) is 0 Å². The van der Waals surface area contributed by atoms with Gasteiger partial charge in [-0.2, -0.15) is 0 Å². The van der Waals surface area contributed by atoms with Gasteiger partial charge in [-0.3, -0.25) is 9.59 Å². The number of ether oxygens (including phenoxy) is 1. The Morgan fingerprint density at radius 1 is 1.20 bits per heavy atom. The zero-order valence-corrected chi connectivity index (χ0v) is 14.8. The molecule has 0 atom stereocenters. The Hall–Kier alpha value is -2.51. The van der Waals surface area contributed by atoms with E-state index >= 15 is 0 Å². The highest BCUT2D eigenvalue weighted by Gasteiger charge is 2.25. The van der Waals surface area contributed by atoms with Crippen molar-refractivity contribution < 1.29 is 23.5 Å². The van der Waals surface area contributed by atoms with E-state index in [0.29, 0.717) is 51.6 Å². The number of amides is 3. The highest BCUT2D eigenvalue weighted by Crippen LogP contribution is 2.09. The first-order valence-corrected chi connectivity index (χ1v) is 8.48. The fraction of sp³-hybridized carbons (Fsp3) is 0.588. The van der Waals surface area contributed by atoms with Crippen LogP contribution >= 0.6 is 0 Å². The van der Waals surface area contributed by atoms with Gasteiger partial charge in [0.25, 0.3) is 0 Å². The van der Waals surface area contributed by atoms with Crippen molar-refractivity contribution in [2.24, 2.45) is 0 Å². The maximum absolute atomic E-state index is 12.4. The van der Waals surface area contributed by atoms with Crippen LogP contribution in [0.15, 0.2) is 22.8 Å². The van der Waals surface area contributed by atoms with Crippen molar-refractivity contribution in [2.75, 3.05) is 39.3 Å². The van der Waals surface area contributed by atoms with Gasteiger partial charge in [-0.25, -0.2) is 4.79 Å². The van der Waals surface area contributed by atoms with Crippen LogP contribution in [0.2, 0.25) is 0 Å². The van der Waals surface area contributed by atoms with Crippen molar-refractivity contribution in [3.05, 3.63) is 24.2 Å². The molecule has 1 aromatic heterocycles. The van der Waals surface area contributed by atoms with Crippen LogP contribution in [-0.2, 0) is 20.9 Å². The van der Waals surface area contributed by atoms with Crippen LogP contribution in [0.1, 0.15) is 26.0 Å². The molecule has 1 aliphatic heterocycles. The lowest BCUT2D eigenvalue weighted by Crippen LogP contribution is -2.51. The molecule has 2 rings (SSSR count). The summed E-state index contributed by atoms with van der Waals surface area (Å²) in [5.74, 6) is 0.566. The minimum Gasteiger partial charge on any atom is -0.467 e. The van der Waals surface area contributed by atoms with Crippen molar-refractivity contribution in [3.8, 4) is 0 Å². The maximum Gasteiger partial charge on any atom is 0.409 e. The number of nitrogens with zero attached hydrogens (tertiary/aromatic N) is 3. The monoisotopic (exact) mass is 351 g/mol. The van der Waals surface area contributed by atoms with E-state index in [-0.39, 0.29) is 24.3 Å². The maximum atomic E-state index is 12.4. The average molecular weight is 351 g/mol. The largest absolute Gasteiger partial charge is 0.467 e. The number of piperazine rings is 1. The van der Waals surface area contributed by atoms with Gasteiger partial charge < -0.3 is 23.9 Å². The predicted octanol–water partition coefficient (Wildman–Crippen LogP) is 1.32. The van der Waals surface area contributed by atoms with E-state index in [1.54, 1.807) is 40.0 Å². The number of rotatable bonds is 6. The summed E-state index contributed by atoms with van der Waals surface area (Å²) in [6, 6.07) is 3.56. The minimum absolute atomic E-state index is 0.0193. The third kappa shape index (κ3) is 5.51. The molecule has 1 aliphatic rings. The second kappa shape index (κ2) is 9.10. The summed E-state index contributed by atoms with van der Waals surface area (Å²) in [5.41, 5.74) is 0. The highest BCUT2D eigenvalue weighted by molar-refractivity contribution is 5.78. The number of carbonyl (C=O) groups excluding carboxylic acids is 3. The van der Waals surface area contributed by atoms with E-state index in [1.165, 1.54) is 6.92 Å². The van der Waals surface area contributed by atoms with E-state index < -0.39 is 0 Å². The molecule has 1 fully saturated rings. The van der Waals surface area contributed by atoms with Crippen LogP contribution in [0, 0.1) is 0 Å². The molecule has 25 heavy (non-hydrogen) atoms. The normalized spacial score (nSPS) is 14.3. The van der Waals surface area contributed by atoms with Gasteiger partial charge in [-0.1, -0.05) is 0 Å². The average Bonchev–Trinajstić information content (AvgIpc) is 3.11. The van der Waals surface area contributed by atoms with Crippen molar-refractivity contribution in [1.29, 1.82) is 0 Å². The molecule has 0 spiro atoms. The minimum atomic E-state index is -0.337. The first-order chi connectivity index (χ1) is 12.0. The molecule has 1 saturated heterocycles. The van der Waals surface area contributed by atoms with Crippen LogP contribution in [0.3, 0.4) is 0 Å². The molecule has 0 aromatic carbocycles. The Balaban J connectivity index is 1.77. The molecule has 0 radical (unpaired) electrons. The Morgan fingerprint density at radius 2 is 1.88 bits per heavy atom. The summed E-state index contributed by atoms with van der Waals surface area (Å²) in [4.78, 5) is 40.7. The molecule has 3 amide bonds. The molecule has 0 unspecified atom stereocenters. The molecule has 8 nitrogen and oxygen atoms in total. The Bertz CT molecular complexity index is 579. The lowest BCUT2D eigenvalue weighted by Gasteiger charge is -2.34. The van der Waals surface area contributed by atoms with Gasteiger partial charge in [0.1, 0.15) is 5.76 Å². The van der Waals surface area contributed by atoms with Crippen LogP contribution in [0.4, 0.5) is 4.79 Å². The summed E-state index contributed by atoms with van der Waals surface area (Å²) < 4.78 is 10.2. The number of hydrogen-bond acceptors (Lipinski definition) is 5. The van der Waals surface area contributed by atoms with Crippen molar-refractivity contribution >= 4 is 17.9 Å². The van der Waals surface area contributed by atoms with Crippen LogP contribution in [0.5, 0.6) is 0 Å². The van der Waals surface area contributed by atoms with E-state index in [0.717, 1.165) is 0 Å². The van der Waals surface area contributed by atoms with Gasteiger partial charge >= 0.3 is 6.09 Å². The van der Waals surface area contributed by atoms with Gasteiger partial charge in [0.05, 0.1) is 19.4 Å². The van der Waals surface area contributed by atoms with E-state index in [4.69, 9.17) is 9.15 Å². The molecular formula is C17H25N3O5. The van der Waals surface area contributed by atoms with E-state index in [9.17, 15) is 14.4 Å². The number of furan rings is 1. The topological polar surface area (TPSA) is 83.3 Å². The second-order valence-corrected chi connectivity index (χ2v) is 5.84. The lowest BCUT2D eigenvalue weighted by atomic mass is 10.2. The first kappa shape index (κ1) is 18.8. The quantitative estimate of drug-likeness (QED) is 0.772. The number of carbonyl (C=O) groups is 3. The second-order valence-electron chi connectivity index (χ2n) is 5.84. The molecule has 1 aromatic rings. The van der Waals surface area contributed by atoms with Crippen LogP contribution in [0.25, 0.3) is 0 Å². The molecule has 0 saturated carbocycles. The molecular weight excluding hydrogens is 326 g/mol. The van der Waals surface area contributed by atoms with Crippen molar-refractivity contribution in [2.45, 2.75) is 26.8 Å². The molecule has 138 valence electrons. The highest BCUT2D eigenvalue weighted by atomic mass is 16.6. The smallest absolute Gasteiger partial charge is 0.409 e. The van der Waals surface area contributed by atoms with E-state index in [1.807, 2.05) is 0 Å². The van der Waals surface area contributed by atoms with Gasteiger partial charge in [0.2, 0.25) is 11.8 Å². The zero-order chi connectivity index (χ0) is 18.2. The molecule has 0 aliphatic carbocycles. The summed E-state index contributed by atoms with van der Waals surface area (Å²) in [6.45, 7) is 6.17. The summed E-state index contributed by atoms with van der Waals surface area (Å²) in [7, 11) is 0. The summed E-state index contributed by atoms with van der Waals surface area (Å²) >= 11 is 0. The van der Waals surface area contributed by atoms with Gasteiger partial charge in [-0.05, 0) is 19.1 Å². The molecule has 2 heterocycles. The molecule has 8 heteroatoms. The Morgan fingerprint density at radius 3 is 2.44 bits per heavy atom. The molecule has 0 bridgehead atoms. The Kier molecular flexibility index (Phi) is 6.85. The SMILES string of the molecule is CCOC(=O)N1CCN(C(=O)CCN(Cc2ccco2)C(C)=O)CC1. The summed E-state index contributed by atoms with van der Waals surface area (Å²) in [5, 5.41) is 0. The van der Waals surface area contributed by atoms with E-state index in [2.05, 4.69) is 0 Å². The third-order valence-electron chi connectivity index (χ3n) is 4.13. The van der Waals surface area contributed by atoms with Gasteiger partial charge in [0, 0.05) is 46.1 Å². The lowest BCUT2D eigenvalue weighted by molar-refractivity contribution is -0.135. The van der Waals surface area contributed by atoms with Gasteiger partial charge in [-0.15, -0.1) is 0 Å². The van der Waals surface area contributed by atoms with Crippen LogP contribution < -0.4 is 0 Å². The third-order valence-corrected chi connectivity index (χ3v) is 4.13. The standard InChI is InChI=1S/C17H25N3O5/c1-3-24-17(23)19-10-8-18(9-11-19)16(22)6-7-20(14(2)21)13-15-5-4-12-25-15/h4-5,12H,3,6-11,13H2,1-2H3. The predicted molar refractivity (Wildman–Crippen MR) is 89.6 cm³/mol. The zero-order valence-electron chi connectivity index (χ0n) is 14.8. The number of hydrogen-bond donors (Lipinski definition) is 0. The molecule has 0 N–H and O–H groups in total. The fourth-order valence-corrected chi connectivity index (χ4v) is 2.68. The van der Waals surface area contributed by atoms with Gasteiger partial charge in [0.15, 0.2) is 0 Å². The summed E-state index contributed by atoms with van der Waals surface area (Å²) in [6.07, 6.45) is 1.47. The van der Waals surface area contributed by atoms with Crippen molar-refractivity contribution in [1.82, 2.24) is 14.7 Å². The van der Waals surface area contributed by atoms with Crippen LogP contribution in [-0.4, -0.2) is 71.9 Å². The fourth-order valence-electron chi connectivity index (χ4n) is 2.68. The Labute approximate surface area is 147 Å².